The fraction of sp³-hybridized carbons (Fsp3) is 0.833. The van der Waals surface area contributed by atoms with Gasteiger partial charge in [-0.05, 0) is 13.3 Å². The van der Waals surface area contributed by atoms with E-state index in [-0.39, 0.29) is 6.42 Å². The fourth-order valence-corrected chi connectivity index (χ4v) is 1.44. The van der Waals surface area contributed by atoms with Crippen molar-refractivity contribution in [3.63, 3.8) is 0 Å². The first-order chi connectivity index (χ1) is 5.21. The summed E-state index contributed by atoms with van der Waals surface area (Å²) in [5, 5.41) is 8.61. The highest BCUT2D eigenvalue weighted by Gasteiger charge is 2.36. The summed E-state index contributed by atoms with van der Waals surface area (Å²) < 4.78 is 25.7. The predicted molar refractivity (Wildman–Crippen MR) is 42.3 cm³/mol. The summed E-state index contributed by atoms with van der Waals surface area (Å²) in [6.07, 6.45) is 0.916. The summed E-state index contributed by atoms with van der Waals surface area (Å²) >= 11 is 0. The van der Waals surface area contributed by atoms with Crippen molar-refractivity contribution in [1.82, 2.24) is 0 Å². The van der Waals surface area contributed by atoms with E-state index in [4.69, 9.17) is 5.11 Å². The zero-order valence-electron chi connectivity index (χ0n) is 7.20. The lowest BCUT2D eigenvalue weighted by molar-refractivity contribution is -0.153. The van der Waals surface area contributed by atoms with E-state index >= 15 is 0 Å². The van der Waals surface area contributed by atoms with Crippen molar-refractivity contribution in [3.05, 3.63) is 0 Å². The average Bonchev–Trinajstić information content (AvgIpc) is 1.83. The molecular weight excluding hydrogens is 184 g/mol. The van der Waals surface area contributed by atoms with E-state index in [9.17, 15) is 13.2 Å². The number of aliphatic carboxylic acids is 1. The van der Waals surface area contributed by atoms with Gasteiger partial charge in [0.1, 0.15) is 0 Å². The number of carboxylic acids is 1. The molecule has 0 fully saturated rings. The third-order valence-corrected chi connectivity index (χ3v) is 2.13. The second-order valence-corrected chi connectivity index (χ2v) is 4.25. The Morgan fingerprint density at radius 2 is 2.00 bits per heavy atom. The van der Waals surface area contributed by atoms with Gasteiger partial charge in [0.05, 0.1) is 6.26 Å². The largest absolute Gasteiger partial charge is 0.479 e. The van der Waals surface area contributed by atoms with Gasteiger partial charge in [-0.2, -0.15) is 8.42 Å². The second kappa shape index (κ2) is 3.40. The Morgan fingerprint density at radius 1 is 1.58 bits per heavy atom. The predicted octanol–water partition coefficient (Wildman–Crippen LogP) is 0.216. The van der Waals surface area contributed by atoms with Crippen LogP contribution in [-0.4, -0.2) is 31.4 Å². The van der Waals surface area contributed by atoms with Crippen molar-refractivity contribution in [2.24, 2.45) is 0 Å². The Balaban J connectivity index is 4.69. The number of carboxylic acid groups (broad SMARTS) is 1. The van der Waals surface area contributed by atoms with Crippen LogP contribution in [0.4, 0.5) is 0 Å². The summed E-state index contributed by atoms with van der Waals surface area (Å²) in [5.41, 5.74) is -1.65. The molecule has 1 atom stereocenters. The van der Waals surface area contributed by atoms with Gasteiger partial charge in [0.2, 0.25) is 0 Å². The molecule has 12 heavy (non-hydrogen) atoms. The maximum Gasteiger partial charge on any atom is 0.337 e. The van der Waals surface area contributed by atoms with Crippen molar-refractivity contribution in [3.8, 4) is 0 Å². The summed E-state index contributed by atoms with van der Waals surface area (Å²) in [7, 11) is -3.72. The molecule has 0 heterocycles. The molecule has 0 aliphatic carbocycles. The van der Waals surface area contributed by atoms with Gasteiger partial charge < -0.3 is 5.11 Å². The van der Waals surface area contributed by atoms with Crippen LogP contribution in [0.3, 0.4) is 0 Å². The van der Waals surface area contributed by atoms with E-state index in [1.165, 1.54) is 6.92 Å². The zero-order valence-corrected chi connectivity index (χ0v) is 8.01. The van der Waals surface area contributed by atoms with Crippen LogP contribution in [0.25, 0.3) is 0 Å². The number of hydrogen-bond acceptors (Lipinski definition) is 4. The first-order valence-corrected chi connectivity index (χ1v) is 5.17. The Labute approximate surface area is 71.5 Å². The maximum atomic E-state index is 10.6. The van der Waals surface area contributed by atoms with E-state index in [0.29, 0.717) is 0 Å². The van der Waals surface area contributed by atoms with Crippen LogP contribution < -0.4 is 0 Å². The molecule has 0 aromatic rings. The first kappa shape index (κ1) is 11.4. The molecule has 0 spiro atoms. The van der Waals surface area contributed by atoms with Crippen LogP contribution in [-0.2, 0) is 19.1 Å². The van der Waals surface area contributed by atoms with Crippen molar-refractivity contribution in [1.29, 1.82) is 0 Å². The Morgan fingerprint density at radius 3 is 2.08 bits per heavy atom. The fourth-order valence-electron chi connectivity index (χ4n) is 0.580. The van der Waals surface area contributed by atoms with Gasteiger partial charge in [-0.1, -0.05) is 6.92 Å². The van der Waals surface area contributed by atoms with Crippen LogP contribution in [0.15, 0.2) is 0 Å². The molecule has 5 nitrogen and oxygen atoms in total. The molecule has 0 bridgehead atoms. The van der Waals surface area contributed by atoms with Gasteiger partial charge >= 0.3 is 5.97 Å². The van der Waals surface area contributed by atoms with E-state index in [2.05, 4.69) is 4.18 Å². The summed E-state index contributed by atoms with van der Waals surface area (Å²) in [6.45, 7) is 2.76. The van der Waals surface area contributed by atoms with Gasteiger partial charge in [0.15, 0.2) is 5.60 Å². The Kier molecular flexibility index (Phi) is 3.23. The monoisotopic (exact) mass is 196 g/mol. The van der Waals surface area contributed by atoms with Crippen molar-refractivity contribution >= 4 is 16.1 Å². The molecular formula is C6H12O5S. The first-order valence-electron chi connectivity index (χ1n) is 3.35. The van der Waals surface area contributed by atoms with E-state index in [0.717, 1.165) is 6.26 Å². The third kappa shape index (κ3) is 3.19. The van der Waals surface area contributed by atoms with Crippen LogP contribution in [0, 0.1) is 0 Å². The molecule has 0 saturated heterocycles. The van der Waals surface area contributed by atoms with Gasteiger partial charge in [-0.3, -0.25) is 4.18 Å². The number of hydrogen-bond donors (Lipinski definition) is 1. The lowest BCUT2D eigenvalue weighted by atomic mass is 10.1. The highest BCUT2D eigenvalue weighted by Crippen LogP contribution is 2.17. The standard InChI is InChI=1S/C6H12O5S/c1-4-6(2,5(7)8)11-12(3,9)10/h4H2,1-3H3,(H,7,8)/t6-/m0/s1. The number of rotatable bonds is 4. The number of carbonyl (C=O) groups is 1. The molecule has 0 radical (unpaired) electrons. The molecule has 0 aliphatic heterocycles. The minimum atomic E-state index is -3.72. The van der Waals surface area contributed by atoms with Gasteiger partial charge in [0, 0.05) is 0 Å². The van der Waals surface area contributed by atoms with Crippen LogP contribution in [0.2, 0.25) is 0 Å². The molecule has 0 amide bonds. The highest BCUT2D eigenvalue weighted by molar-refractivity contribution is 7.86. The minimum Gasteiger partial charge on any atom is -0.479 e. The zero-order chi connectivity index (χ0) is 9.99. The topological polar surface area (TPSA) is 80.7 Å². The van der Waals surface area contributed by atoms with Crippen LogP contribution in [0.5, 0.6) is 0 Å². The maximum absolute atomic E-state index is 10.6. The minimum absolute atomic E-state index is 0.0927. The van der Waals surface area contributed by atoms with E-state index in [1.54, 1.807) is 6.92 Å². The molecule has 6 heteroatoms. The Bertz CT molecular complexity index is 268. The molecule has 0 aromatic heterocycles. The molecule has 0 aromatic carbocycles. The molecule has 0 saturated carbocycles. The summed E-state index contributed by atoms with van der Waals surface area (Å²) in [4.78, 5) is 10.5. The third-order valence-electron chi connectivity index (χ3n) is 1.46. The quantitative estimate of drug-likeness (QED) is 0.650. The van der Waals surface area contributed by atoms with E-state index < -0.39 is 21.7 Å². The normalized spacial score (nSPS) is 16.9. The Hall–Kier alpha value is -0.620. The molecule has 0 unspecified atom stereocenters. The van der Waals surface area contributed by atoms with Crippen LogP contribution in [0.1, 0.15) is 20.3 Å². The SMILES string of the molecule is CC[C@](C)(OS(C)(=O)=O)C(=O)O. The molecule has 1 N–H and O–H groups in total. The van der Waals surface area contributed by atoms with Crippen LogP contribution >= 0.6 is 0 Å². The van der Waals surface area contributed by atoms with Crippen molar-refractivity contribution < 1.29 is 22.5 Å². The second-order valence-electron chi connectivity index (χ2n) is 2.68. The van der Waals surface area contributed by atoms with Gasteiger partial charge in [-0.25, -0.2) is 4.79 Å². The van der Waals surface area contributed by atoms with E-state index in [1.807, 2.05) is 0 Å². The summed E-state index contributed by atoms with van der Waals surface area (Å²) in [6, 6.07) is 0. The van der Waals surface area contributed by atoms with Crippen molar-refractivity contribution in [2.45, 2.75) is 25.9 Å². The van der Waals surface area contributed by atoms with Crippen molar-refractivity contribution in [2.75, 3.05) is 6.26 Å². The molecule has 0 rings (SSSR count). The van der Waals surface area contributed by atoms with Gasteiger partial charge in [0.25, 0.3) is 10.1 Å². The lowest BCUT2D eigenvalue weighted by Gasteiger charge is -2.21. The summed E-state index contributed by atoms with van der Waals surface area (Å²) in [5.74, 6) is -1.28. The average molecular weight is 196 g/mol. The molecule has 72 valence electrons. The lowest BCUT2D eigenvalue weighted by Crippen LogP contribution is -2.39. The smallest absolute Gasteiger partial charge is 0.337 e. The molecule has 0 aliphatic rings. The highest BCUT2D eigenvalue weighted by atomic mass is 32.2. The van der Waals surface area contributed by atoms with Gasteiger partial charge in [-0.15, -0.1) is 0 Å².